The summed E-state index contributed by atoms with van der Waals surface area (Å²) >= 11 is 0. The monoisotopic (exact) mass is 363 g/mol. The summed E-state index contributed by atoms with van der Waals surface area (Å²) in [6.07, 6.45) is 10.7. The number of unbranched alkanes of at least 4 members (excludes halogenated alkanes) is 8. The maximum atomic E-state index is 12.2. The van der Waals surface area contributed by atoms with Crippen molar-refractivity contribution in [2.24, 2.45) is 5.92 Å². The molecular weight excluding hydrogens is 330 g/mol. The van der Waals surface area contributed by atoms with Crippen LogP contribution in [0.4, 0.5) is 5.69 Å². The van der Waals surface area contributed by atoms with E-state index in [0.717, 1.165) is 44.1 Å². The van der Waals surface area contributed by atoms with Crippen molar-refractivity contribution in [1.82, 2.24) is 0 Å². The number of rotatable bonds is 12. The maximum Gasteiger partial charge on any atom is 0.303 e. The number of quaternary nitrogens is 1. The number of hydrogen-bond acceptors (Lipinski definition) is 3. The molecule has 0 spiro atoms. The number of para-hydroxylation sites is 1. The second-order valence-electron chi connectivity index (χ2n) is 7.53. The highest BCUT2D eigenvalue weighted by molar-refractivity contribution is 5.66. The second kappa shape index (κ2) is 11.3. The molecule has 0 saturated heterocycles. The molecule has 5 heteroatoms. The topological polar surface area (TPSA) is 85.0 Å². The minimum atomic E-state index is -0.696. The summed E-state index contributed by atoms with van der Waals surface area (Å²) in [5.41, 5.74) is 1.50. The summed E-state index contributed by atoms with van der Waals surface area (Å²) in [7, 11) is 0. The Kier molecular flexibility index (Phi) is 9.09. The smallest absolute Gasteiger partial charge is 0.303 e. The van der Waals surface area contributed by atoms with Crippen molar-refractivity contribution in [3.63, 3.8) is 0 Å². The normalized spacial score (nSPS) is 22.2. The van der Waals surface area contributed by atoms with E-state index in [9.17, 15) is 15.1 Å². The molecule has 3 atom stereocenters. The van der Waals surface area contributed by atoms with Crippen molar-refractivity contribution in [3.8, 4) is 0 Å². The number of nitrogens with one attached hydrogen (secondary N) is 1. The third-order valence-electron chi connectivity index (χ3n) is 5.44. The molecule has 0 radical (unpaired) electrons. The van der Waals surface area contributed by atoms with Crippen LogP contribution in [0.1, 0.15) is 82.3 Å². The average molecular weight is 363 g/mol. The molecule has 0 amide bonds. The van der Waals surface area contributed by atoms with Gasteiger partial charge < -0.3 is 20.5 Å². The molecule has 0 saturated carbocycles. The Morgan fingerprint density at radius 2 is 1.58 bits per heavy atom. The summed E-state index contributed by atoms with van der Waals surface area (Å²) in [4.78, 5) is 10.4. The molecule has 1 aliphatic heterocycles. The van der Waals surface area contributed by atoms with Crippen LogP contribution in [0.5, 0.6) is 0 Å². The number of benzene rings is 1. The number of carboxylic acid groups (broad SMARTS) is 1. The van der Waals surface area contributed by atoms with Gasteiger partial charge in [-0.1, -0.05) is 69.6 Å². The molecule has 0 bridgehead atoms. The lowest BCUT2D eigenvalue weighted by atomic mass is 9.86. The number of aliphatic carboxylic acids is 1. The lowest BCUT2D eigenvalue weighted by Gasteiger charge is -2.36. The van der Waals surface area contributed by atoms with Gasteiger partial charge in [0.05, 0.1) is 12.6 Å². The van der Waals surface area contributed by atoms with Gasteiger partial charge in [-0.15, -0.1) is 0 Å². The van der Waals surface area contributed by atoms with E-state index in [1.54, 1.807) is 0 Å². The Hall–Kier alpha value is -1.43. The first-order chi connectivity index (χ1) is 12.6. The minimum absolute atomic E-state index is 0.0617. The van der Waals surface area contributed by atoms with E-state index in [4.69, 9.17) is 5.11 Å². The standard InChI is InChI=1S/C21H33NO4/c23-20(24)15-9-7-5-3-1-2-4-6-8-12-17-16-22(26)19-14-11-10-13-18(19)21(17)25/h10-11,13-14,17,21-22,25H,1-9,12,15-16H2,(H,23,24). The number of aliphatic hydroxyl groups excluding tert-OH is 1. The van der Waals surface area contributed by atoms with E-state index in [-0.39, 0.29) is 11.0 Å². The number of fused-ring (bicyclic) bond motifs is 1. The summed E-state index contributed by atoms with van der Waals surface area (Å²) in [6.45, 7) is 0.467. The van der Waals surface area contributed by atoms with Gasteiger partial charge in [0.25, 0.3) is 0 Å². The number of hydroxylamine groups is 1. The second-order valence-corrected chi connectivity index (χ2v) is 7.53. The fourth-order valence-corrected chi connectivity index (χ4v) is 3.90. The SMILES string of the molecule is O=C(O)CCCCCCCCCCCC1C[NH+]([O-])c2ccccc2C1O. The third kappa shape index (κ3) is 6.71. The summed E-state index contributed by atoms with van der Waals surface area (Å²) < 4.78 is 0. The Balaban J connectivity index is 1.52. The maximum absolute atomic E-state index is 12.2. The number of aliphatic hydroxyl groups is 1. The van der Waals surface area contributed by atoms with Gasteiger partial charge in [-0.05, 0) is 18.9 Å². The van der Waals surface area contributed by atoms with Gasteiger partial charge in [-0.2, -0.15) is 0 Å². The van der Waals surface area contributed by atoms with Crippen molar-refractivity contribution in [1.29, 1.82) is 0 Å². The number of carbonyl (C=O) groups is 1. The lowest BCUT2D eigenvalue weighted by molar-refractivity contribution is -0.786. The first kappa shape index (κ1) is 20.9. The predicted octanol–water partition coefficient (Wildman–Crippen LogP) is 3.74. The largest absolute Gasteiger partial charge is 0.629 e. The van der Waals surface area contributed by atoms with Crippen LogP contribution in [-0.2, 0) is 4.79 Å². The van der Waals surface area contributed by atoms with Crippen molar-refractivity contribution in [2.45, 2.75) is 76.7 Å². The highest BCUT2D eigenvalue weighted by atomic mass is 16.5. The predicted molar refractivity (Wildman–Crippen MR) is 102 cm³/mol. The van der Waals surface area contributed by atoms with Crippen LogP contribution in [0.15, 0.2) is 24.3 Å². The molecular formula is C21H33NO4. The minimum Gasteiger partial charge on any atom is -0.629 e. The molecule has 26 heavy (non-hydrogen) atoms. The fraction of sp³-hybridized carbons (Fsp3) is 0.667. The third-order valence-corrected chi connectivity index (χ3v) is 5.44. The molecule has 2 rings (SSSR count). The van der Waals surface area contributed by atoms with E-state index in [0.29, 0.717) is 18.7 Å². The Morgan fingerprint density at radius 1 is 1.00 bits per heavy atom. The molecule has 1 heterocycles. The van der Waals surface area contributed by atoms with E-state index in [1.165, 1.54) is 25.7 Å². The molecule has 1 aromatic carbocycles. The van der Waals surface area contributed by atoms with E-state index in [2.05, 4.69) is 0 Å². The van der Waals surface area contributed by atoms with Crippen LogP contribution in [0.2, 0.25) is 0 Å². The molecule has 3 unspecified atom stereocenters. The van der Waals surface area contributed by atoms with Gasteiger partial charge in [0.2, 0.25) is 0 Å². The van der Waals surface area contributed by atoms with Crippen LogP contribution in [0, 0.1) is 11.1 Å². The van der Waals surface area contributed by atoms with Crippen molar-refractivity contribution >= 4 is 11.7 Å². The van der Waals surface area contributed by atoms with Crippen molar-refractivity contribution < 1.29 is 20.1 Å². The molecule has 0 aliphatic carbocycles. The lowest BCUT2D eigenvalue weighted by Crippen LogP contribution is -3.04. The highest BCUT2D eigenvalue weighted by Crippen LogP contribution is 2.32. The fourth-order valence-electron chi connectivity index (χ4n) is 3.90. The Bertz CT molecular complexity index is 549. The Morgan fingerprint density at radius 3 is 2.23 bits per heavy atom. The quantitative estimate of drug-likeness (QED) is 0.390. The van der Waals surface area contributed by atoms with Crippen LogP contribution in [0.3, 0.4) is 0 Å². The van der Waals surface area contributed by atoms with Crippen LogP contribution >= 0.6 is 0 Å². The number of hydrogen-bond donors (Lipinski definition) is 3. The van der Waals surface area contributed by atoms with E-state index >= 15 is 0 Å². The van der Waals surface area contributed by atoms with Crippen LogP contribution in [-0.4, -0.2) is 22.7 Å². The van der Waals surface area contributed by atoms with Crippen molar-refractivity contribution in [2.75, 3.05) is 6.54 Å². The van der Waals surface area contributed by atoms with Gasteiger partial charge in [-0.3, -0.25) is 4.79 Å². The van der Waals surface area contributed by atoms with Crippen LogP contribution < -0.4 is 5.06 Å². The molecule has 5 nitrogen and oxygen atoms in total. The van der Waals surface area contributed by atoms with Gasteiger partial charge in [0, 0.05) is 17.9 Å². The average Bonchev–Trinajstić information content (AvgIpc) is 2.63. The van der Waals surface area contributed by atoms with Gasteiger partial charge >= 0.3 is 5.97 Å². The van der Waals surface area contributed by atoms with Crippen molar-refractivity contribution in [3.05, 3.63) is 35.0 Å². The number of carboxylic acids is 1. The van der Waals surface area contributed by atoms with Gasteiger partial charge in [0.1, 0.15) is 5.69 Å². The zero-order valence-corrected chi connectivity index (χ0v) is 15.7. The summed E-state index contributed by atoms with van der Waals surface area (Å²) in [6, 6.07) is 7.44. The summed E-state index contributed by atoms with van der Waals surface area (Å²) in [5, 5.41) is 31.5. The molecule has 0 fully saturated rings. The molecule has 0 aromatic heterocycles. The van der Waals surface area contributed by atoms with Crippen LogP contribution in [0.25, 0.3) is 0 Å². The Labute approximate surface area is 156 Å². The van der Waals surface area contributed by atoms with E-state index < -0.39 is 12.1 Å². The molecule has 1 aliphatic rings. The zero-order chi connectivity index (χ0) is 18.8. The van der Waals surface area contributed by atoms with Gasteiger partial charge in [0.15, 0.2) is 0 Å². The molecule has 3 N–H and O–H groups in total. The van der Waals surface area contributed by atoms with E-state index in [1.807, 2.05) is 24.3 Å². The summed E-state index contributed by atoms with van der Waals surface area (Å²) in [5.74, 6) is -0.634. The first-order valence-corrected chi connectivity index (χ1v) is 10.1. The zero-order valence-electron chi connectivity index (χ0n) is 15.7. The molecule has 146 valence electrons. The highest BCUT2D eigenvalue weighted by Gasteiger charge is 2.32. The molecule has 1 aromatic rings. The van der Waals surface area contributed by atoms with Gasteiger partial charge in [-0.25, -0.2) is 0 Å². The first-order valence-electron chi connectivity index (χ1n) is 10.1.